The number of nitrogens with zero attached hydrogens (tertiary/aromatic N) is 2. The van der Waals surface area contributed by atoms with Crippen LogP contribution in [0.25, 0.3) is 0 Å². The van der Waals surface area contributed by atoms with Gasteiger partial charge < -0.3 is 10.5 Å². The zero-order valence-electron chi connectivity index (χ0n) is 9.76. The summed E-state index contributed by atoms with van der Waals surface area (Å²) >= 11 is 0. The van der Waals surface area contributed by atoms with Crippen LogP contribution in [0, 0.1) is 0 Å². The first kappa shape index (κ1) is 10.3. The molecule has 0 radical (unpaired) electrons. The van der Waals surface area contributed by atoms with Gasteiger partial charge in [0.2, 0.25) is 0 Å². The van der Waals surface area contributed by atoms with Crippen molar-refractivity contribution in [3.05, 3.63) is 35.5 Å². The van der Waals surface area contributed by atoms with E-state index >= 15 is 0 Å². The summed E-state index contributed by atoms with van der Waals surface area (Å²) in [5.74, 6) is 0.928. The highest BCUT2D eigenvalue weighted by molar-refractivity contribution is 5.58. The smallest absolute Gasteiger partial charge is 0.125 e. The third kappa shape index (κ3) is 1.69. The Morgan fingerprint density at radius 2 is 2.35 bits per heavy atom. The SMILES string of the molecule is CCC1Cc2cc(C3C=CN=N3)c(N)cc2O1. The highest BCUT2D eigenvalue weighted by atomic mass is 16.5. The third-order valence-corrected chi connectivity index (χ3v) is 3.31. The van der Waals surface area contributed by atoms with Crippen LogP contribution in [-0.4, -0.2) is 6.10 Å². The minimum Gasteiger partial charge on any atom is -0.490 e. The maximum atomic E-state index is 6.04. The van der Waals surface area contributed by atoms with Gasteiger partial charge in [0.05, 0.1) is 0 Å². The van der Waals surface area contributed by atoms with Crippen LogP contribution >= 0.6 is 0 Å². The van der Waals surface area contributed by atoms with E-state index in [-0.39, 0.29) is 6.04 Å². The summed E-state index contributed by atoms with van der Waals surface area (Å²) in [5, 5.41) is 7.99. The quantitative estimate of drug-likeness (QED) is 0.792. The van der Waals surface area contributed by atoms with Crippen LogP contribution in [0.3, 0.4) is 0 Å². The molecule has 0 amide bonds. The summed E-state index contributed by atoms with van der Waals surface area (Å²) < 4.78 is 5.80. The first-order valence-electron chi connectivity index (χ1n) is 5.93. The minimum absolute atomic E-state index is 0.0269. The maximum Gasteiger partial charge on any atom is 0.125 e. The Labute approximate surface area is 100 Å². The average Bonchev–Trinajstić information content (AvgIpc) is 2.95. The summed E-state index contributed by atoms with van der Waals surface area (Å²) in [6.45, 7) is 2.13. The molecular weight excluding hydrogens is 214 g/mol. The molecule has 2 aliphatic heterocycles. The van der Waals surface area contributed by atoms with E-state index in [0.717, 1.165) is 29.8 Å². The van der Waals surface area contributed by atoms with Crippen LogP contribution in [0.4, 0.5) is 5.69 Å². The number of nitrogens with two attached hydrogens (primary N) is 1. The van der Waals surface area contributed by atoms with E-state index in [9.17, 15) is 0 Å². The van der Waals surface area contributed by atoms with Gasteiger partial charge in [-0.15, -0.1) is 0 Å². The van der Waals surface area contributed by atoms with Gasteiger partial charge in [0.1, 0.15) is 17.9 Å². The fourth-order valence-electron chi connectivity index (χ4n) is 2.31. The Morgan fingerprint density at radius 3 is 3.06 bits per heavy atom. The largest absolute Gasteiger partial charge is 0.490 e. The predicted octanol–water partition coefficient (Wildman–Crippen LogP) is 3.00. The third-order valence-electron chi connectivity index (χ3n) is 3.31. The molecule has 0 saturated carbocycles. The molecule has 2 atom stereocenters. The lowest BCUT2D eigenvalue weighted by Crippen LogP contribution is -2.10. The number of benzene rings is 1. The molecule has 1 aromatic carbocycles. The molecule has 88 valence electrons. The van der Waals surface area contributed by atoms with Crippen molar-refractivity contribution in [3.63, 3.8) is 0 Å². The van der Waals surface area contributed by atoms with Gasteiger partial charge in [-0.05, 0) is 24.1 Å². The normalized spacial score (nSPS) is 25.0. The van der Waals surface area contributed by atoms with E-state index in [1.807, 2.05) is 12.1 Å². The van der Waals surface area contributed by atoms with Crippen LogP contribution in [0.2, 0.25) is 0 Å². The topological polar surface area (TPSA) is 60.0 Å². The average molecular weight is 229 g/mol. The van der Waals surface area contributed by atoms with Crippen molar-refractivity contribution in [1.29, 1.82) is 0 Å². The molecule has 4 heteroatoms. The molecule has 0 aliphatic carbocycles. The molecule has 0 saturated heterocycles. The molecule has 2 N–H and O–H groups in total. The molecular formula is C13H15N3O. The zero-order valence-corrected chi connectivity index (χ0v) is 9.76. The molecule has 1 aromatic rings. The number of hydrogen-bond acceptors (Lipinski definition) is 4. The van der Waals surface area contributed by atoms with E-state index in [2.05, 4.69) is 23.2 Å². The van der Waals surface area contributed by atoms with Crippen LogP contribution < -0.4 is 10.5 Å². The zero-order chi connectivity index (χ0) is 11.8. The van der Waals surface area contributed by atoms with Gasteiger partial charge in [-0.2, -0.15) is 10.2 Å². The van der Waals surface area contributed by atoms with Gasteiger partial charge in [0.25, 0.3) is 0 Å². The van der Waals surface area contributed by atoms with Crippen molar-refractivity contribution >= 4 is 5.69 Å². The van der Waals surface area contributed by atoms with Crippen molar-refractivity contribution in [3.8, 4) is 5.75 Å². The predicted molar refractivity (Wildman–Crippen MR) is 66.0 cm³/mol. The van der Waals surface area contributed by atoms with Crippen LogP contribution in [-0.2, 0) is 6.42 Å². The van der Waals surface area contributed by atoms with Gasteiger partial charge in [-0.1, -0.05) is 6.92 Å². The van der Waals surface area contributed by atoms with Crippen molar-refractivity contribution < 1.29 is 4.74 Å². The van der Waals surface area contributed by atoms with Gasteiger partial charge in [-0.25, -0.2) is 0 Å². The van der Waals surface area contributed by atoms with E-state index in [0.29, 0.717) is 6.10 Å². The highest BCUT2D eigenvalue weighted by Crippen LogP contribution is 2.37. The summed E-state index contributed by atoms with van der Waals surface area (Å²) in [6.07, 6.45) is 5.94. The summed E-state index contributed by atoms with van der Waals surface area (Å²) in [4.78, 5) is 0. The molecule has 0 aromatic heterocycles. The molecule has 3 rings (SSSR count). The Bertz CT molecular complexity index is 496. The molecule has 0 fully saturated rings. The van der Waals surface area contributed by atoms with E-state index in [4.69, 9.17) is 10.5 Å². The van der Waals surface area contributed by atoms with E-state index in [1.165, 1.54) is 5.56 Å². The Kier molecular flexibility index (Phi) is 2.35. The van der Waals surface area contributed by atoms with Crippen molar-refractivity contribution in [2.24, 2.45) is 10.2 Å². The second kappa shape index (κ2) is 3.87. The fraction of sp³-hybridized carbons (Fsp3) is 0.385. The van der Waals surface area contributed by atoms with Gasteiger partial charge in [0, 0.05) is 29.9 Å². The Hall–Kier alpha value is -1.84. The van der Waals surface area contributed by atoms with Crippen LogP contribution in [0.1, 0.15) is 30.5 Å². The number of nitrogen functional groups attached to an aromatic ring is 1. The van der Waals surface area contributed by atoms with Crippen molar-refractivity contribution in [2.45, 2.75) is 31.9 Å². The van der Waals surface area contributed by atoms with Crippen molar-refractivity contribution in [1.82, 2.24) is 0 Å². The number of ether oxygens (including phenoxy) is 1. The number of anilines is 1. The second-order valence-electron chi connectivity index (χ2n) is 4.46. The number of fused-ring (bicyclic) bond motifs is 1. The van der Waals surface area contributed by atoms with Gasteiger partial charge in [-0.3, -0.25) is 0 Å². The van der Waals surface area contributed by atoms with Crippen LogP contribution in [0.5, 0.6) is 5.75 Å². The van der Waals surface area contributed by atoms with Gasteiger partial charge in [0.15, 0.2) is 0 Å². The Balaban J connectivity index is 1.98. The highest BCUT2D eigenvalue weighted by Gasteiger charge is 2.24. The summed E-state index contributed by atoms with van der Waals surface area (Å²) in [5.41, 5.74) is 9.04. The summed E-state index contributed by atoms with van der Waals surface area (Å²) in [6, 6.07) is 4.00. The second-order valence-corrected chi connectivity index (χ2v) is 4.46. The Morgan fingerprint density at radius 1 is 1.47 bits per heavy atom. The molecule has 0 bridgehead atoms. The molecule has 2 aliphatic rings. The lowest BCUT2D eigenvalue weighted by molar-refractivity contribution is 0.228. The minimum atomic E-state index is -0.0269. The first-order chi connectivity index (χ1) is 8.28. The monoisotopic (exact) mass is 229 g/mol. The van der Waals surface area contributed by atoms with E-state index < -0.39 is 0 Å². The standard InChI is InChI=1S/C13H15N3O/c1-2-9-5-8-6-10(12-3-4-15-16-12)11(14)7-13(8)17-9/h3-4,6-7,9,12H,2,5,14H2,1H3. The molecule has 2 unspecified atom stereocenters. The summed E-state index contributed by atoms with van der Waals surface area (Å²) in [7, 11) is 0. The maximum absolute atomic E-state index is 6.04. The number of azo groups is 1. The fourth-order valence-corrected chi connectivity index (χ4v) is 2.31. The number of hydrogen-bond donors (Lipinski definition) is 1. The molecule has 2 heterocycles. The van der Waals surface area contributed by atoms with E-state index in [1.54, 1.807) is 6.20 Å². The number of rotatable bonds is 2. The molecule has 17 heavy (non-hydrogen) atoms. The van der Waals surface area contributed by atoms with Gasteiger partial charge >= 0.3 is 0 Å². The lowest BCUT2D eigenvalue weighted by Gasteiger charge is -2.10. The first-order valence-corrected chi connectivity index (χ1v) is 5.93. The van der Waals surface area contributed by atoms with Crippen LogP contribution in [0.15, 0.2) is 34.6 Å². The molecule has 0 spiro atoms. The van der Waals surface area contributed by atoms with Crippen molar-refractivity contribution in [2.75, 3.05) is 5.73 Å². The lowest BCUT2D eigenvalue weighted by atomic mass is 10.00. The molecule has 4 nitrogen and oxygen atoms in total.